The van der Waals surface area contributed by atoms with Gasteiger partial charge in [-0.15, -0.1) is 0 Å². The molecule has 4 nitrogen and oxygen atoms in total. The van der Waals surface area contributed by atoms with Crippen molar-refractivity contribution in [3.63, 3.8) is 0 Å². The molecule has 0 aliphatic carbocycles. The third kappa shape index (κ3) is 2.65. The molecule has 1 unspecified atom stereocenters. The molecule has 3 N–H and O–H groups in total. The Labute approximate surface area is 101 Å². The van der Waals surface area contributed by atoms with E-state index in [-0.39, 0.29) is 11.9 Å². The smallest absolute Gasteiger partial charge is 0.243 e. The van der Waals surface area contributed by atoms with Gasteiger partial charge in [0.1, 0.15) is 5.54 Å². The quantitative estimate of drug-likeness (QED) is 0.819. The number of benzene rings is 1. The topological polar surface area (TPSA) is 64.4 Å². The van der Waals surface area contributed by atoms with Gasteiger partial charge in [-0.05, 0) is 18.9 Å². The standard InChI is InChI=1S/C13H18N2O2/c1-10(11-5-3-2-4-6-11)15-12(16)13(14)7-8-17-9-13/h2-6,10H,7-9,14H2,1H3,(H,15,16)/t10-,13?/m1/s1. The van der Waals surface area contributed by atoms with Crippen LogP contribution in [0.4, 0.5) is 0 Å². The van der Waals surface area contributed by atoms with Crippen LogP contribution in [0, 0.1) is 0 Å². The number of carbonyl (C=O) groups is 1. The summed E-state index contributed by atoms with van der Waals surface area (Å²) in [6.07, 6.45) is 0.584. The molecule has 1 saturated heterocycles. The van der Waals surface area contributed by atoms with Crippen molar-refractivity contribution in [3.05, 3.63) is 35.9 Å². The van der Waals surface area contributed by atoms with E-state index >= 15 is 0 Å². The van der Waals surface area contributed by atoms with Crippen LogP contribution in [-0.4, -0.2) is 24.7 Å². The molecule has 1 heterocycles. The Bertz CT molecular complexity index is 386. The number of hydrogen-bond acceptors (Lipinski definition) is 3. The lowest BCUT2D eigenvalue weighted by Crippen LogP contribution is -2.54. The van der Waals surface area contributed by atoms with Crippen LogP contribution in [0.5, 0.6) is 0 Å². The van der Waals surface area contributed by atoms with Gasteiger partial charge in [0.2, 0.25) is 5.91 Å². The predicted molar refractivity (Wildman–Crippen MR) is 65.4 cm³/mol. The molecule has 92 valence electrons. The first-order valence-corrected chi connectivity index (χ1v) is 5.84. The van der Waals surface area contributed by atoms with E-state index in [1.807, 2.05) is 37.3 Å². The maximum Gasteiger partial charge on any atom is 0.243 e. The molecule has 1 aliphatic heterocycles. The Hall–Kier alpha value is -1.39. The molecule has 0 bridgehead atoms. The van der Waals surface area contributed by atoms with E-state index in [9.17, 15) is 4.79 Å². The van der Waals surface area contributed by atoms with Crippen molar-refractivity contribution in [3.8, 4) is 0 Å². The van der Waals surface area contributed by atoms with Crippen LogP contribution < -0.4 is 11.1 Å². The molecule has 2 rings (SSSR count). The Morgan fingerprint density at radius 2 is 2.18 bits per heavy atom. The van der Waals surface area contributed by atoms with Crippen LogP contribution in [0.3, 0.4) is 0 Å². The molecule has 1 aliphatic rings. The van der Waals surface area contributed by atoms with Crippen LogP contribution >= 0.6 is 0 Å². The molecule has 0 radical (unpaired) electrons. The summed E-state index contributed by atoms with van der Waals surface area (Å²) < 4.78 is 5.18. The van der Waals surface area contributed by atoms with E-state index in [0.29, 0.717) is 19.6 Å². The van der Waals surface area contributed by atoms with E-state index in [1.54, 1.807) is 0 Å². The van der Waals surface area contributed by atoms with E-state index in [2.05, 4.69) is 5.32 Å². The van der Waals surface area contributed by atoms with Gasteiger partial charge in [0.05, 0.1) is 12.6 Å². The normalized spacial score (nSPS) is 25.5. The molecule has 1 aromatic rings. The fourth-order valence-electron chi connectivity index (χ4n) is 1.93. The zero-order valence-electron chi connectivity index (χ0n) is 9.98. The number of hydrogen-bond donors (Lipinski definition) is 2. The first kappa shape index (κ1) is 12.1. The second kappa shape index (κ2) is 4.85. The van der Waals surface area contributed by atoms with Gasteiger partial charge < -0.3 is 15.8 Å². The van der Waals surface area contributed by atoms with Crippen molar-refractivity contribution in [1.29, 1.82) is 0 Å². The van der Waals surface area contributed by atoms with E-state index in [1.165, 1.54) is 0 Å². The van der Waals surface area contributed by atoms with Crippen molar-refractivity contribution in [2.24, 2.45) is 5.73 Å². The molecule has 1 amide bonds. The third-order valence-corrected chi connectivity index (χ3v) is 3.15. The first-order chi connectivity index (χ1) is 8.12. The minimum atomic E-state index is -0.858. The summed E-state index contributed by atoms with van der Waals surface area (Å²) in [5.41, 5.74) is 6.21. The Balaban J connectivity index is 1.99. The van der Waals surface area contributed by atoms with Gasteiger partial charge in [-0.2, -0.15) is 0 Å². The number of nitrogens with one attached hydrogen (secondary N) is 1. The van der Waals surface area contributed by atoms with E-state index in [0.717, 1.165) is 5.56 Å². The molecule has 1 fully saturated rings. The number of ether oxygens (including phenoxy) is 1. The Morgan fingerprint density at radius 1 is 1.47 bits per heavy atom. The lowest BCUT2D eigenvalue weighted by Gasteiger charge is -2.24. The second-order valence-electron chi connectivity index (χ2n) is 4.56. The predicted octanol–water partition coefficient (Wildman–Crippen LogP) is 0.982. The summed E-state index contributed by atoms with van der Waals surface area (Å²) in [5.74, 6) is -0.133. The van der Waals surface area contributed by atoms with E-state index < -0.39 is 5.54 Å². The van der Waals surface area contributed by atoms with Gasteiger partial charge in [-0.25, -0.2) is 0 Å². The molecule has 4 heteroatoms. The van der Waals surface area contributed by atoms with Gasteiger partial charge in [0.25, 0.3) is 0 Å². The summed E-state index contributed by atoms with van der Waals surface area (Å²) >= 11 is 0. The van der Waals surface area contributed by atoms with Crippen molar-refractivity contribution in [1.82, 2.24) is 5.32 Å². The van der Waals surface area contributed by atoms with E-state index in [4.69, 9.17) is 10.5 Å². The average molecular weight is 234 g/mol. The summed E-state index contributed by atoms with van der Waals surface area (Å²) in [6.45, 7) is 2.82. The fraction of sp³-hybridized carbons (Fsp3) is 0.462. The van der Waals surface area contributed by atoms with Crippen LogP contribution in [0.15, 0.2) is 30.3 Å². The lowest BCUT2D eigenvalue weighted by atomic mass is 9.98. The number of rotatable bonds is 3. The highest BCUT2D eigenvalue weighted by Gasteiger charge is 2.38. The van der Waals surface area contributed by atoms with Crippen molar-refractivity contribution in [2.75, 3.05) is 13.2 Å². The zero-order valence-corrected chi connectivity index (χ0v) is 9.98. The van der Waals surface area contributed by atoms with Crippen LogP contribution in [0.2, 0.25) is 0 Å². The lowest BCUT2D eigenvalue weighted by molar-refractivity contribution is -0.127. The average Bonchev–Trinajstić information content (AvgIpc) is 2.78. The molecule has 17 heavy (non-hydrogen) atoms. The van der Waals surface area contributed by atoms with Crippen molar-refractivity contribution in [2.45, 2.75) is 24.9 Å². The highest BCUT2D eigenvalue weighted by Crippen LogP contribution is 2.18. The first-order valence-electron chi connectivity index (χ1n) is 5.84. The van der Waals surface area contributed by atoms with Crippen molar-refractivity contribution >= 4 is 5.91 Å². The van der Waals surface area contributed by atoms with Gasteiger partial charge in [0.15, 0.2) is 0 Å². The summed E-state index contributed by atoms with van der Waals surface area (Å²) in [5, 5.41) is 2.93. The highest BCUT2D eigenvalue weighted by molar-refractivity contribution is 5.86. The molecule has 0 saturated carbocycles. The highest BCUT2D eigenvalue weighted by atomic mass is 16.5. The number of carbonyl (C=O) groups excluding carboxylic acids is 1. The van der Waals surface area contributed by atoms with Gasteiger partial charge in [0, 0.05) is 6.61 Å². The third-order valence-electron chi connectivity index (χ3n) is 3.15. The van der Waals surface area contributed by atoms with Crippen LogP contribution in [-0.2, 0) is 9.53 Å². The number of amides is 1. The van der Waals surface area contributed by atoms with Crippen LogP contribution in [0.25, 0.3) is 0 Å². The number of nitrogens with two attached hydrogens (primary N) is 1. The van der Waals surface area contributed by atoms with Gasteiger partial charge in [-0.1, -0.05) is 30.3 Å². The summed E-state index contributed by atoms with van der Waals surface area (Å²) in [6, 6.07) is 9.79. The largest absolute Gasteiger partial charge is 0.379 e. The molecule has 1 aromatic carbocycles. The molecule has 2 atom stereocenters. The maximum atomic E-state index is 12.0. The van der Waals surface area contributed by atoms with Crippen LogP contribution in [0.1, 0.15) is 24.9 Å². The van der Waals surface area contributed by atoms with Gasteiger partial charge in [-0.3, -0.25) is 4.79 Å². The fourth-order valence-corrected chi connectivity index (χ4v) is 1.93. The summed E-state index contributed by atoms with van der Waals surface area (Å²) in [7, 11) is 0. The Kier molecular flexibility index (Phi) is 3.45. The zero-order chi connectivity index (χ0) is 12.3. The van der Waals surface area contributed by atoms with Crippen molar-refractivity contribution < 1.29 is 9.53 Å². The van der Waals surface area contributed by atoms with Gasteiger partial charge >= 0.3 is 0 Å². The Morgan fingerprint density at radius 3 is 2.76 bits per heavy atom. The minimum Gasteiger partial charge on any atom is -0.379 e. The minimum absolute atomic E-state index is 0.0373. The molecular formula is C13H18N2O2. The summed E-state index contributed by atoms with van der Waals surface area (Å²) in [4.78, 5) is 12.0. The second-order valence-corrected chi connectivity index (χ2v) is 4.56. The monoisotopic (exact) mass is 234 g/mol. The molecule has 0 aromatic heterocycles. The SMILES string of the molecule is C[C@@H](NC(=O)C1(N)CCOC1)c1ccccc1. The molecule has 0 spiro atoms. The molecular weight excluding hydrogens is 216 g/mol. The maximum absolute atomic E-state index is 12.0.